The molecule has 0 aromatic heterocycles. The van der Waals surface area contributed by atoms with E-state index in [9.17, 15) is 9.59 Å². The molecule has 168 valence electrons. The highest BCUT2D eigenvalue weighted by Gasteiger charge is 2.28. The van der Waals surface area contributed by atoms with Gasteiger partial charge >= 0.3 is 0 Å². The van der Waals surface area contributed by atoms with Crippen LogP contribution in [0.4, 0.5) is 5.69 Å². The minimum atomic E-state index is -0.635. The first-order valence-electron chi connectivity index (χ1n) is 10.5. The van der Waals surface area contributed by atoms with Crippen LogP contribution in [0.25, 0.3) is 0 Å². The number of carbonyl (C=O) groups is 2. The van der Waals surface area contributed by atoms with Gasteiger partial charge in [-0.25, -0.2) is 0 Å². The summed E-state index contributed by atoms with van der Waals surface area (Å²) in [6.07, 6.45) is -0.635. The molecule has 0 spiro atoms. The number of benzene rings is 3. The fourth-order valence-electron chi connectivity index (χ4n) is 3.91. The van der Waals surface area contributed by atoms with Gasteiger partial charge in [-0.3, -0.25) is 9.59 Å². The summed E-state index contributed by atoms with van der Waals surface area (Å²) in [5, 5.41) is 3.25. The zero-order valence-corrected chi connectivity index (χ0v) is 18.6. The number of anilines is 1. The van der Waals surface area contributed by atoms with Gasteiger partial charge in [0.05, 0.1) is 10.6 Å². The predicted octanol–water partition coefficient (Wildman–Crippen LogP) is 4.63. The standard InChI is InChI=1S/C25H21ClN2O5/c1-15-25(30)28(12-16-6-8-22-23(10-16)32-14-31-22)13-17-11-18(7-9-21(17)33-15)27-24(29)19-4-2-3-5-20(19)26/h2-11,15H,12-14H2,1H3,(H,27,29)/t15-/m1/s1. The van der Waals surface area contributed by atoms with Gasteiger partial charge in [-0.15, -0.1) is 0 Å². The number of fused-ring (bicyclic) bond motifs is 2. The second-order valence-electron chi connectivity index (χ2n) is 7.90. The van der Waals surface area contributed by atoms with Crippen molar-refractivity contribution in [2.75, 3.05) is 12.1 Å². The maximum atomic E-state index is 13.0. The van der Waals surface area contributed by atoms with Gasteiger partial charge in [0.1, 0.15) is 5.75 Å². The molecule has 5 rings (SSSR count). The molecule has 2 heterocycles. The second kappa shape index (κ2) is 8.67. The number of hydrogen-bond acceptors (Lipinski definition) is 5. The summed E-state index contributed by atoms with van der Waals surface area (Å²) >= 11 is 6.14. The smallest absolute Gasteiger partial charge is 0.263 e. The molecule has 2 aliphatic rings. The van der Waals surface area contributed by atoms with E-state index in [1.807, 2.05) is 24.3 Å². The Balaban J connectivity index is 1.38. The number of rotatable bonds is 4. The molecule has 2 amide bonds. The van der Waals surface area contributed by atoms with Gasteiger partial charge in [-0.2, -0.15) is 0 Å². The Hall–Kier alpha value is -3.71. The van der Waals surface area contributed by atoms with Gasteiger partial charge in [0.25, 0.3) is 11.8 Å². The van der Waals surface area contributed by atoms with Gasteiger partial charge in [-0.1, -0.05) is 29.8 Å². The van der Waals surface area contributed by atoms with E-state index in [1.54, 1.807) is 48.2 Å². The molecule has 0 bridgehead atoms. The average molecular weight is 465 g/mol. The molecule has 1 N–H and O–H groups in total. The highest BCUT2D eigenvalue weighted by atomic mass is 35.5. The van der Waals surface area contributed by atoms with Crippen molar-refractivity contribution in [3.63, 3.8) is 0 Å². The van der Waals surface area contributed by atoms with Crippen LogP contribution in [-0.4, -0.2) is 29.6 Å². The quantitative estimate of drug-likeness (QED) is 0.609. The number of amides is 2. The van der Waals surface area contributed by atoms with Crippen LogP contribution in [0.1, 0.15) is 28.4 Å². The minimum Gasteiger partial charge on any atom is -0.481 e. The Bertz CT molecular complexity index is 1250. The zero-order valence-electron chi connectivity index (χ0n) is 17.8. The Morgan fingerprint density at radius 1 is 1.06 bits per heavy atom. The number of halogens is 1. The fourth-order valence-corrected chi connectivity index (χ4v) is 4.14. The monoisotopic (exact) mass is 464 g/mol. The van der Waals surface area contributed by atoms with E-state index in [0.717, 1.165) is 11.1 Å². The molecule has 1 atom stereocenters. The molecule has 0 saturated heterocycles. The van der Waals surface area contributed by atoms with Crippen molar-refractivity contribution in [3.8, 4) is 17.2 Å². The number of nitrogens with one attached hydrogen (secondary N) is 1. The first-order chi connectivity index (χ1) is 16.0. The predicted molar refractivity (Wildman–Crippen MR) is 123 cm³/mol. The maximum absolute atomic E-state index is 13.0. The van der Waals surface area contributed by atoms with Crippen molar-refractivity contribution in [1.29, 1.82) is 0 Å². The third-order valence-electron chi connectivity index (χ3n) is 5.57. The molecule has 0 radical (unpaired) electrons. The number of nitrogens with zero attached hydrogens (tertiary/aromatic N) is 1. The Morgan fingerprint density at radius 3 is 2.70 bits per heavy atom. The highest BCUT2D eigenvalue weighted by molar-refractivity contribution is 6.34. The van der Waals surface area contributed by atoms with E-state index in [-0.39, 0.29) is 18.6 Å². The molecule has 8 heteroatoms. The topological polar surface area (TPSA) is 77.1 Å². The Morgan fingerprint density at radius 2 is 1.85 bits per heavy atom. The molecule has 2 aliphatic heterocycles. The first-order valence-corrected chi connectivity index (χ1v) is 10.9. The SMILES string of the molecule is C[C@H]1Oc2ccc(NC(=O)c3ccccc3Cl)cc2CN(Cc2ccc3c(c2)OCO3)C1=O. The maximum Gasteiger partial charge on any atom is 0.263 e. The van der Waals surface area contributed by atoms with Crippen LogP contribution in [0, 0.1) is 0 Å². The van der Waals surface area contributed by atoms with Crippen molar-refractivity contribution in [2.24, 2.45) is 0 Å². The number of ether oxygens (including phenoxy) is 3. The molecular formula is C25H21ClN2O5. The summed E-state index contributed by atoms with van der Waals surface area (Å²) in [4.78, 5) is 27.4. The second-order valence-corrected chi connectivity index (χ2v) is 8.31. The summed E-state index contributed by atoms with van der Waals surface area (Å²) in [5.74, 6) is 1.55. The highest BCUT2D eigenvalue weighted by Crippen LogP contribution is 2.34. The van der Waals surface area contributed by atoms with Crippen molar-refractivity contribution in [2.45, 2.75) is 26.1 Å². The summed E-state index contributed by atoms with van der Waals surface area (Å²) in [5.41, 5.74) is 2.70. The lowest BCUT2D eigenvalue weighted by atomic mass is 10.1. The largest absolute Gasteiger partial charge is 0.481 e. The molecule has 0 aliphatic carbocycles. The van der Waals surface area contributed by atoms with Crippen LogP contribution in [0.2, 0.25) is 5.02 Å². The third kappa shape index (κ3) is 4.32. The van der Waals surface area contributed by atoms with Gasteiger partial charge in [0.2, 0.25) is 6.79 Å². The van der Waals surface area contributed by atoms with E-state index in [1.165, 1.54) is 0 Å². The third-order valence-corrected chi connectivity index (χ3v) is 5.90. The van der Waals surface area contributed by atoms with Gasteiger partial charge in [-0.05, 0) is 55.0 Å². The summed E-state index contributed by atoms with van der Waals surface area (Å²) in [7, 11) is 0. The van der Waals surface area contributed by atoms with Gasteiger partial charge in [0, 0.05) is 24.3 Å². The Labute approximate surface area is 195 Å². The van der Waals surface area contributed by atoms with Crippen LogP contribution in [0.15, 0.2) is 60.7 Å². The lowest BCUT2D eigenvalue weighted by molar-refractivity contribution is -0.138. The van der Waals surface area contributed by atoms with E-state index in [2.05, 4.69) is 5.32 Å². The van der Waals surface area contributed by atoms with Crippen molar-refractivity contribution < 1.29 is 23.8 Å². The van der Waals surface area contributed by atoms with E-state index in [0.29, 0.717) is 46.6 Å². The van der Waals surface area contributed by atoms with Crippen LogP contribution in [-0.2, 0) is 17.9 Å². The number of carbonyl (C=O) groups excluding carboxylic acids is 2. The van der Waals surface area contributed by atoms with Crippen LogP contribution in [0.3, 0.4) is 0 Å². The molecule has 7 nitrogen and oxygen atoms in total. The fraction of sp³-hybridized carbons (Fsp3) is 0.200. The van der Waals surface area contributed by atoms with Gasteiger partial charge in [0.15, 0.2) is 17.6 Å². The molecule has 33 heavy (non-hydrogen) atoms. The lowest BCUT2D eigenvalue weighted by Gasteiger charge is -2.22. The minimum absolute atomic E-state index is 0.120. The van der Waals surface area contributed by atoms with Crippen molar-refractivity contribution >= 4 is 29.1 Å². The van der Waals surface area contributed by atoms with E-state index < -0.39 is 6.10 Å². The average Bonchev–Trinajstić information content (AvgIpc) is 3.23. The molecule has 3 aromatic carbocycles. The molecule has 0 saturated carbocycles. The zero-order chi connectivity index (χ0) is 22.9. The lowest BCUT2D eigenvalue weighted by Crippen LogP contribution is -2.37. The van der Waals surface area contributed by atoms with Crippen molar-refractivity contribution in [1.82, 2.24) is 4.90 Å². The van der Waals surface area contributed by atoms with Gasteiger partial charge < -0.3 is 24.4 Å². The summed E-state index contributed by atoms with van der Waals surface area (Å²) < 4.78 is 16.7. The van der Waals surface area contributed by atoms with E-state index >= 15 is 0 Å². The summed E-state index contributed by atoms with van der Waals surface area (Å²) in [6.45, 7) is 2.65. The number of hydrogen-bond donors (Lipinski definition) is 1. The first kappa shape index (κ1) is 21.2. The molecule has 0 fully saturated rings. The summed E-state index contributed by atoms with van der Waals surface area (Å²) in [6, 6.07) is 17.8. The van der Waals surface area contributed by atoms with E-state index in [4.69, 9.17) is 25.8 Å². The van der Waals surface area contributed by atoms with Crippen LogP contribution >= 0.6 is 11.6 Å². The van der Waals surface area contributed by atoms with Crippen molar-refractivity contribution in [3.05, 3.63) is 82.4 Å². The molecule has 0 unspecified atom stereocenters. The normalized spacial score (nSPS) is 16.6. The Kier molecular flexibility index (Phi) is 5.56. The molecular weight excluding hydrogens is 444 g/mol. The van der Waals surface area contributed by atoms with Crippen LogP contribution in [0.5, 0.6) is 17.2 Å². The molecule has 3 aromatic rings. The van der Waals surface area contributed by atoms with Crippen LogP contribution < -0.4 is 19.5 Å².